The number of nitrogens with zero attached hydrogens (tertiary/aromatic N) is 2. The lowest BCUT2D eigenvalue weighted by Gasteiger charge is -1.99. The van der Waals surface area contributed by atoms with E-state index in [9.17, 15) is 0 Å². The summed E-state index contributed by atoms with van der Waals surface area (Å²) in [6.45, 7) is 0. The normalized spacial score (nSPS) is 11.2. The fourth-order valence-corrected chi connectivity index (χ4v) is 2.47. The number of benzene rings is 3. The maximum atomic E-state index is 4.73. The maximum absolute atomic E-state index is 4.73. The molecular weight excluding hydrogens is 232 g/mol. The van der Waals surface area contributed by atoms with Gasteiger partial charge in [-0.3, -0.25) is 0 Å². The summed E-state index contributed by atoms with van der Waals surface area (Å²) < 4.78 is 1.94. The maximum Gasteiger partial charge on any atom is 0.101 e. The van der Waals surface area contributed by atoms with Crippen LogP contribution < -0.4 is 0 Å². The molecule has 2 heteroatoms. The van der Waals surface area contributed by atoms with Gasteiger partial charge in [-0.2, -0.15) is 5.10 Å². The number of hydrogen-bond acceptors (Lipinski definition) is 1. The average molecular weight is 244 g/mol. The van der Waals surface area contributed by atoms with Gasteiger partial charge in [0, 0.05) is 17.0 Å². The van der Waals surface area contributed by atoms with Gasteiger partial charge in [-0.1, -0.05) is 54.6 Å². The first-order valence-electron chi connectivity index (χ1n) is 6.34. The van der Waals surface area contributed by atoms with Gasteiger partial charge in [-0.15, -0.1) is 0 Å². The molecule has 0 unspecified atom stereocenters. The van der Waals surface area contributed by atoms with Crippen molar-refractivity contribution in [1.82, 2.24) is 9.78 Å². The van der Waals surface area contributed by atoms with E-state index in [2.05, 4.69) is 54.7 Å². The van der Waals surface area contributed by atoms with E-state index >= 15 is 0 Å². The topological polar surface area (TPSA) is 17.8 Å². The first-order valence-corrected chi connectivity index (χ1v) is 6.34. The van der Waals surface area contributed by atoms with Crippen molar-refractivity contribution in [1.29, 1.82) is 0 Å². The highest BCUT2D eigenvalue weighted by Crippen LogP contribution is 2.24. The Balaban J connectivity index is 2.04. The van der Waals surface area contributed by atoms with Crippen molar-refractivity contribution >= 4 is 21.7 Å². The molecule has 19 heavy (non-hydrogen) atoms. The molecule has 90 valence electrons. The third-order valence-electron chi connectivity index (χ3n) is 3.42. The molecule has 0 radical (unpaired) electrons. The molecule has 0 fully saturated rings. The molecule has 0 aliphatic heterocycles. The second-order valence-corrected chi connectivity index (χ2v) is 4.63. The molecule has 1 aromatic heterocycles. The van der Waals surface area contributed by atoms with E-state index in [0.29, 0.717) is 0 Å². The highest BCUT2D eigenvalue weighted by Gasteiger charge is 2.05. The molecule has 4 aromatic rings. The third kappa shape index (κ3) is 1.61. The summed E-state index contributed by atoms with van der Waals surface area (Å²) in [7, 11) is 0. The molecule has 3 aromatic carbocycles. The van der Waals surface area contributed by atoms with E-state index in [1.54, 1.807) is 0 Å². The molecule has 0 aliphatic rings. The Morgan fingerprint density at radius 1 is 0.684 bits per heavy atom. The van der Waals surface area contributed by atoms with Gasteiger partial charge in [0.05, 0.1) is 5.69 Å². The van der Waals surface area contributed by atoms with E-state index in [1.807, 2.05) is 22.9 Å². The van der Waals surface area contributed by atoms with Gasteiger partial charge in [0.2, 0.25) is 0 Å². The first-order chi connectivity index (χ1) is 9.42. The van der Waals surface area contributed by atoms with Crippen LogP contribution in [0.2, 0.25) is 0 Å². The summed E-state index contributed by atoms with van der Waals surface area (Å²) >= 11 is 0. The first kappa shape index (κ1) is 10.3. The highest BCUT2D eigenvalue weighted by atomic mass is 15.3. The number of aromatic nitrogens is 2. The van der Waals surface area contributed by atoms with Gasteiger partial charge in [0.1, 0.15) is 5.52 Å². The van der Waals surface area contributed by atoms with E-state index in [0.717, 1.165) is 11.2 Å². The van der Waals surface area contributed by atoms with Crippen LogP contribution in [0.4, 0.5) is 0 Å². The molecule has 0 aliphatic carbocycles. The van der Waals surface area contributed by atoms with Crippen molar-refractivity contribution in [3.05, 3.63) is 72.9 Å². The fourth-order valence-electron chi connectivity index (χ4n) is 2.47. The number of fused-ring (bicyclic) bond motifs is 3. The molecule has 0 atom stereocenters. The van der Waals surface area contributed by atoms with Gasteiger partial charge >= 0.3 is 0 Å². The predicted octanol–water partition coefficient (Wildman–Crippen LogP) is 4.18. The lowest BCUT2D eigenvalue weighted by atomic mass is 10.1. The Morgan fingerprint density at radius 3 is 2.32 bits per heavy atom. The van der Waals surface area contributed by atoms with Crippen LogP contribution in [0.1, 0.15) is 0 Å². The highest BCUT2D eigenvalue weighted by molar-refractivity contribution is 6.05. The minimum Gasteiger partial charge on any atom is -0.240 e. The minimum absolute atomic E-state index is 1.06. The van der Waals surface area contributed by atoms with Crippen LogP contribution in [0.5, 0.6) is 0 Å². The summed E-state index contributed by atoms with van der Waals surface area (Å²) in [6.07, 6.45) is 2.08. The lowest BCUT2D eigenvalue weighted by molar-refractivity contribution is 0.898. The smallest absolute Gasteiger partial charge is 0.101 e. The van der Waals surface area contributed by atoms with Gasteiger partial charge in [0.25, 0.3) is 0 Å². The second kappa shape index (κ2) is 3.95. The van der Waals surface area contributed by atoms with E-state index in [-0.39, 0.29) is 0 Å². The quantitative estimate of drug-likeness (QED) is 0.491. The largest absolute Gasteiger partial charge is 0.240 e. The van der Waals surface area contributed by atoms with Gasteiger partial charge in [0.15, 0.2) is 0 Å². The predicted molar refractivity (Wildman–Crippen MR) is 78.6 cm³/mol. The zero-order chi connectivity index (χ0) is 12.7. The van der Waals surface area contributed by atoms with E-state index in [4.69, 9.17) is 5.10 Å². The van der Waals surface area contributed by atoms with Crippen LogP contribution in [0.15, 0.2) is 72.9 Å². The molecule has 0 saturated carbocycles. The van der Waals surface area contributed by atoms with Crippen LogP contribution in [0, 0.1) is 0 Å². The van der Waals surface area contributed by atoms with E-state index < -0.39 is 0 Å². The Hall–Kier alpha value is -2.61. The Kier molecular flexibility index (Phi) is 2.15. The second-order valence-electron chi connectivity index (χ2n) is 4.63. The van der Waals surface area contributed by atoms with Gasteiger partial charge < -0.3 is 0 Å². The Bertz CT molecular complexity index is 860. The zero-order valence-corrected chi connectivity index (χ0v) is 10.3. The van der Waals surface area contributed by atoms with Crippen LogP contribution in [-0.4, -0.2) is 9.78 Å². The average Bonchev–Trinajstić information content (AvgIpc) is 2.93. The standard InChI is InChI=1S/C17H12N2/c1-2-7-15(8-3-1)19-12-14-11-10-13-6-4-5-9-16(13)17(14)18-19/h1-12H. The molecular formula is C17H12N2. The summed E-state index contributed by atoms with van der Waals surface area (Å²) in [5.74, 6) is 0. The molecule has 0 N–H and O–H groups in total. The van der Waals surface area contributed by atoms with Crippen molar-refractivity contribution in [2.45, 2.75) is 0 Å². The van der Waals surface area contributed by atoms with Crippen molar-refractivity contribution in [2.75, 3.05) is 0 Å². The third-order valence-corrected chi connectivity index (χ3v) is 3.42. The minimum atomic E-state index is 1.06. The van der Waals surface area contributed by atoms with Gasteiger partial charge in [-0.25, -0.2) is 4.68 Å². The molecule has 0 amide bonds. The molecule has 0 spiro atoms. The van der Waals surface area contributed by atoms with Crippen LogP contribution >= 0.6 is 0 Å². The SMILES string of the molecule is c1ccc(-n2cc3ccc4ccccc4c3n2)cc1. The number of hydrogen-bond donors (Lipinski definition) is 0. The Morgan fingerprint density at radius 2 is 1.42 bits per heavy atom. The summed E-state index contributed by atoms with van der Waals surface area (Å²) in [5.41, 5.74) is 2.14. The van der Waals surface area contributed by atoms with Crippen molar-refractivity contribution in [3.63, 3.8) is 0 Å². The lowest BCUT2D eigenvalue weighted by Crippen LogP contribution is -1.92. The van der Waals surface area contributed by atoms with Crippen molar-refractivity contribution in [3.8, 4) is 5.69 Å². The monoisotopic (exact) mass is 244 g/mol. The molecule has 0 bridgehead atoms. The zero-order valence-electron chi connectivity index (χ0n) is 10.3. The molecule has 1 heterocycles. The fraction of sp³-hybridized carbons (Fsp3) is 0. The summed E-state index contributed by atoms with van der Waals surface area (Å²) in [4.78, 5) is 0. The van der Waals surface area contributed by atoms with Crippen LogP contribution in [-0.2, 0) is 0 Å². The molecule has 4 rings (SSSR count). The number of rotatable bonds is 1. The molecule has 0 saturated heterocycles. The summed E-state index contributed by atoms with van der Waals surface area (Å²) in [5, 5.41) is 8.33. The van der Waals surface area contributed by atoms with Crippen molar-refractivity contribution in [2.24, 2.45) is 0 Å². The molecule has 2 nitrogen and oxygen atoms in total. The number of para-hydroxylation sites is 1. The Labute approximate surface area is 110 Å². The van der Waals surface area contributed by atoms with Crippen LogP contribution in [0.25, 0.3) is 27.4 Å². The van der Waals surface area contributed by atoms with Crippen molar-refractivity contribution < 1.29 is 0 Å². The summed E-state index contributed by atoms with van der Waals surface area (Å²) in [6, 6.07) is 22.8. The van der Waals surface area contributed by atoms with E-state index in [1.165, 1.54) is 16.2 Å². The van der Waals surface area contributed by atoms with Crippen LogP contribution in [0.3, 0.4) is 0 Å². The van der Waals surface area contributed by atoms with Gasteiger partial charge in [-0.05, 0) is 17.5 Å².